The molecule has 0 aliphatic rings. The number of rotatable bonds is 6. The second-order valence-corrected chi connectivity index (χ2v) is 4.91. The van der Waals surface area contributed by atoms with Gasteiger partial charge in [0.1, 0.15) is 4.99 Å². The van der Waals surface area contributed by atoms with Gasteiger partial charge in [0.05, 0.1) is 18.3 Å². The van der Waals surface area contributed by atoms with Crippen LogP contribution in [0.5, 0.6) is 0 Å². The first kappa shape index (κ1) is 16.7. The number of alkyl halides is 3. The van der Waals surface area contributed by atoms with Gasteiger partial charge in [-0.15, -0.1) is 0 Å². The Balaban J connectivity index is 2.83. The van der Waals surface area contributed by atoms with Crippen molar-refractivity contribution in [2.24, 2.45) is 5.73 Å². The Labute approximate surface area is 121 Å². The lowest BCUT2D eigenvalue weighted by molar-refractivity contribution is -0.137. The van der Waals surface area contributed by atoms with Crippen LogP contribution >= 0.6 is 12.2 Å². The molecule has 0 atom stereocenters. The molecule has 112 valence electrons. The van der Waals surface area contributed by atoms with Gasteiger partial charge in [-0.1, -0.05) is 12.2 Å². The van der Waals surface area contributed by atoms with E-state index in [4.69, 9.17) is 22.7 Å². The van der Waals surface area contributed by atoms with E-state index in [0.717, 1.165) is 12.1 Å². The minimum absolute atomic E-state index is 0.0802. The van der Waals surface area contributed by atoms with Crippen LogP contribution in [0.25, 0.3) is 0 Å². The zero-order valence-corrected chi connectivity index (χ0v) is 12.1. The molecule has 20 heavy (non-hydrogen) atoms. The van der Waals surface area contributed by atoms with Gasteiger partial charge in [-0.05, 0) is 32.0 Å². The molecule has 0 saturated carbocycles. The highest BCUT2D eigenvalue weighted by atomic mass is 32.1. The van der Waals surface area contributed by atoms with E-state index in [-0.39, 0.29) is 16.7 Å². The molecule has 0 aliphatic heterocycles. The van der Waals surface area contributed by atoms with Crippen LogP contribution in [-0.2, 0) is 10.9 Å². The van der Waals surface area contributed by atoms with Gasteiger partial charge in [0.25, 0.3) is 0 Å². The maximum absolute atomic E-state index is 12.6. The van der Waals surface area contributed by atoms with E-state index in [1.165, 1.54) is 6.07 Å². The molecule has 3 N–H and O–H groups in total. The zero-order chi connectivity index (χ0) is 15.3. The summed E-state index contributed by atoms with van der Waals surface area (Å²) in [5.41, 5.74) is 5.35. The van der Waals surface area contributed by atoms with E-state index < -0.39 is 11.7 Å². The summed E-state index contributed by atoms with van der Waals surface area (Å²) in [6.07, 6.45) is -4.32. The van der Waals surface area contributed by atoms with E-state index in [2.05, 4.69) is 5.32 Å². The highest BCUT2D eigenvalue weighted by Crippen LogP contribution is 2.31. The molecule has 0 aliphatic carbocycles. The lowest BCUT2D eigenvalue weighted by Gasteiger charge is -2.15. The van der Waals surface area contributed by atoms with Crippen molar-refractivity contribution in [1.29, 1.82) is 0 Å². The van der Waals surface area contributed by atoms with Crippen LogP contribution in [0.15, 0.2) is 18.2 Å². The Morgan fingerprint density at radius 2 is 2.05 bits per heavy atom. The van der Waals surface area contributed by atoms with Crippen molar-refractivity contribution in [2.45, 2.75) is 26.1 Å². The van der Waals surface area contributed by atoms with Crippen molar-refractivity contribution in [1.82, 2.24) is 0 Å². The molecule has 3 nitrogen and oxygen atoms in total. The number of hydrogen-bond acceptors (Lipinski definition) is 3. The van der Waals surface area contributed by atoms with Gasteiger partial charge in [0.2, 0.25) is 0 Å². The summed E-state index contributed by atoms with van der Waals surface area (Å²) < 4.78 is 43.2. The van der Waals surface area contributed by atoms with Crippen LogP contribution in [0, 0.1) is 0 Å². The molecular formula is C13H17F3N2OS. The average molecular weight is 306 g/mol. The Morgan fingerprint density at radius 1 is 1.40 bits per heavy atom. The zero-order valence-electron chi connectivity index (χ0n) is 11.3. The molecule has 0 unspecified atom stereocenters. The summed E-state index contributed by atoms with van der Waals surface area (Å²) in [6, 6.07) is 3.27. The van der Waals surface area contributed by atoms with Crippen molar-refractivity contribution >= 4 is 22.9 Å². The number of anilines is 1. The second-order valence-electron chi connectivity index (χ2n) is 4.47. The number of nitrogens with one attached hydrogen (secondary N) is 1. The molecule has 0 radical (unpaired) electrons. The summed E-state index contributed by atoms with van der Waals surface area (Å²) in [4.78, 5) is -0.0802. The topological polar surface area (TPSA) is 47.3 Å². The summed E-state index contributed by atoms with van der Waals surface area (Å²) in [5, 5.41) is 2.97. The molecule has 0 fully saturated rings. The van der Waals surface area contributed by atoms with Gasteiger partial charge in [0, 0.05) is 17.8 Å². The van der Waals surface area contributed by atoms with Gasteiger partial charge < -0.3 is 15.8 Å². The quantitative estimate of drug-likeness (QED) is 0.626. The Kier molecular flexibility index (Phi) is 5.76. The van der Waals surface area contributed by atoms with E-state index in [0.29, 0.717) is 18.8 Å². The fraction of sp³-hybridized carbons (Fsp3) is 0.462. The molecule has 0 aromatic heterocycles. The fourth-order valence-corrected chi connectivity index (χ4v) is 1.73. The van der Waals surface area contributed by atoms with Crippen LogP contribution in [0.4, 0.5) is 18.9 Å². The van der Waals surface area contributed by atoms with Crippen LogP contribution < -0.4 is 11.1 Å². The molecular weight excluding hydrogens is 289 g/mol. The number of ether oxygens (including phenoxy) is 1. The van der Waals surface area contributed by atoms with Gasteiger partial charge in [0.15, 0.2) is 0 Å². The first-order valence-corrected chi connectivity index (χ1v) is 6.49. The third-order valence-electron chi connectivity index (χ3n) is 2.48. The Hall–Kier alpha value is -1.34. The average Bonchev–Trinajstić information content (AvgIpc) is 2.33. The van der Waals surface area contributed by atoms with Crippen molar-refractivity contribution in [3.63, 3.8) is 0 Å². The first-order chi connectivity index (χ1) is 9.21. The predicted octanol–water partition coefficient (Wildman–Crippen LogP) is 3.18. The monoisotopic (exact) mass is 306 g/mol. The normalized spacial score (nSPS) is 11.7. The summed E-state index contributed by atoms with van der Waals surface area (Å²) in [7, 11) is 0. The SMILES string of the molecule is CC(C)OCCNc1ccc(C(F)(F)F)cc1C(N)=S. The van der Waals surface area contributed by atoms with Gasteiger partial charge in [-0.2, -0.15) is 13.2 Å². The van der Waals surface area contributed by atoms with Crippen molar-refractivity contribution in [3.8, 4) is 0 Å². The third-order valence-corrected chi connectivity index (χ3v) is 2.70. The number of nitrogens with two attached hydrogens (primary N) is 1. The maximum atomic E-state index is 12.6. The lowest BCUT2D eigenvalue weighted by Crippen LogP contribution is -2.18. The highest BCUT2D eigenvalue weighted by Gasteiger charge is 2.31. The number of halogens is 3. The van der Waals surface area contributed by atoms with Gasteiger partial charge in [-0.3, -0.25) is 0 Å². The molecule has 0 heterocycles. The van der Waals surface area contributed by atoms with E-state index >= 15 is 0 Å². The van der Waals surface area contributed by atoms with E-state index in [1.807, 2.05) is 13.8 Å². The fourth-order valence-electron chi connectivity index (χ4n) is 1.56. The van der Waals surface area contributed by atoms with Gasteiger partial charge >= 0.3 is 6.18 Å². The first-order valence-electron chi connectivity index (χ1n) is 6.08. The number of benzene rings is 1. The molecule has 1 aromatic rings. The Bertz CT molecular complexity index is 475. The lowest BCUT2D eigenvalue weighted by atomic mass is 10.1. The smallest absolute Gasteiger partial charge is 0.389 e. The van der Waals surface area contributed by atoms with Crippen molar-refractivity contribution < 1.29 is 17.9 Å². The molecule has 0 saturated heterocycles. The molecule has 1 aromatic carbocycles. The van der Waals surface area contributed by atoms with Crippen molar-refractivity contribution in [2.75, 3.05) is 18.5 Å². The predicted molar refractivity (Wildman–Crippen MR) is 76.9 cm³/mol. The van der Waals surface area contributed by atoms with Crippen molar-refractivity contribution in [3.05, 3.63) is 29.3 Å². The minimum atomic E-state index is -4.42. The second kappa shape index (κ2) is 6.90. The highest BCUT2D eigenvalue weighted by molar-refractivity contribution is 7.80. The standard InChI is InChI=1S/C13H17F3N2OS/c1-8(2)19-6-5-18-11-4-3-9(13(14,15)16)7-10(11)12(17)20/h3-4,7-8,18H,5-6H2,1-2H3,(H2,17,20). The molecule has 1 rings (SSSR count). The van der Waals surface area contributed by atoms with E-state index in [9.17, 15) is 13.2 Å². The van der Waals surface area contributed by atoms with E-state index in [1.54, 1.807) is 0 Å². The minimum Gasteiger partial charge on any atom is -0.389 e. The largest absolute Gasteiger partial charge is 0.416 e. The maximum Gasteiger partial charge on any atom is 0.416 e. The number of hydrogen-bond donors (Lipinski definition) is 2. The summed E-state index contributed by atoms with van der Waals surface area (Å²) in [5.74, 6) is 0. The molecule has 0 bridgehead atoms. The van der Waals surface area contributed by atoms with Crippen LogP contribution in [-0.4, -0.2) is 24.2 Å². The summed E-state index contributed by atoms with van der Waals surface area (Å²) in [6.45, 7) is 4.70. The van der Waals surface area contributed by atoms with Crippen LogP contribution in [0.2, 0.25) is 0 Å². The number of thiocarbonyl (C=S) groups is 1. The molecule has 0 spiro atoms. The Morgan fingerprint density at radius 3 is 2.55 bits per heavy atom. The molecule has 7 heteroatoms. The third kappa shape index (κ3) is 4.97. The summed E-state index contributed by atoms with van der Waals surface area (Å²) >= 11 is 4.79. The van der Waals surface area contributed by atoms with Crippen LogP contribution in [0.3, 0.4) is 0 Å². The molecule has 0 amide bonds. The van der Waals surface area contributed by atoms with Crippen LogP contribution in [0.1, 0.15) is 25.0 Å². The van der Waals surface area contributed by atoms with Gasteiger partial charge in [-0.25, -0.2) is 0 Å².